The fourth-order valence-corrected chi connectivity index (χ4v) is 3.63. The Hall–Kier alpha value is -2.13. The van der Waals surface area contributed by atoms with Crippen LogP contribution in [0.25, 0.3) is 0 Å². The van der Waals surface area contributed by atoms with Gasteiger partial charge in [-0.2, -0.15) is 0 Å². The van der Waals surface area contributed by atoms with Crippen LogP contribution in [0.3, 0.4) is 0 Å². The van der Waals surface area contributed by atoms with Crippen molar-refractivity contribution in [3.8, 4) is 0 Å². The van der Waals surface area contributed by atoms with Crippen LogP contribution in [0, 0.1) is 5.92 Å². The number of piperidine rings is 1. The van der Waals surface area contributed by atoms with Crippen molar-refractivity contribution in [2.75, 3.05) is 6.54 Å². The normalized spacial score (nSPS) is 20.9. The van der Waals surface area contributed by atoms with Crippen molar-refractivity contribution in [1.29, 1.82) is 0 Å². The minimum atomic E-state index is -0.425. The summed E-state index contributed by atoms with van der Waals surface area (Å²) < 4.78 is 0. The third-order valence-corrected chi connectivity index (χ3v) is 4.64. The summed E-state index contributed by atoms with van der Waals surface area (Å²) in [5.74, 6) is 0.290. The van der Waals surface area contributed by atoms with Crippen molar-refractivity contribution in [2.24, 2.45) is 5.92 Å². The van der Waals surface area contributed by atoms with Crippen molar-refractivity contribution in [2.45, 2.75) is 32.2 Å². The van der Waals surface area contributed by atoms with E-state index in [0.29, 0.717) is 5.92 Å². The first-order valence-electron chi connectivity index (χ1n) is 8.20. The lowest BCUT2D eigenvalue weighted by molar-refractivity contribution is -0.228. The van der Waals surface area contributed by atoms with Crippen molar-refractivity contribution < 1.29 is 9.63 Å². The molecule has 0 amide bonds. The predicted molar refractivity (Wildman–Crippen MR) is 90.5 cm³/mol. The minimum Gasteiger partial charge on any atom is -0.367 e. The molecular formula is C20H23NO2. The Bertz CT molecular complexity index is 614. The van der Waals surface area contributed by atoms with Crippen LogP contribution in [-0.2, 0) is 15.2 Å². The average Bonchev–Trinajstić information content (AvgIpc) is 2.58. The second-order valence-corrected chi connectivity index (χ2v) is 6.38. The smallest absolute Gasteiger partial charge is 0.322 e. The molecule has 3 nitrogen and oxygen atoms in total. The van der Waals surface area contributed by atoms with Gasteiger partial charge in [-0.3, -0.25) is 4.79 Å². The summed E-state index contributed by atoms with van der Waals surface area (Å²) in [4.78, 5) is 17.3. The molecule has 0 bridgehead atoms. The third-order valence-electron chi connectivity index (χ3n) is 4.64. The zero-order valence-electron chi connectivity index (χ0n) is 13.7. The van der Waals surface area contributed by atoms with Gasteiger partial charge in [0.25, 0.3) is 0 Å². The lowest BCUT2D eigenvalue weighted by atomic mass is 9.73. The van der Waals surface area contributed by atoms with E-state index in [0.717, 1.165) is 19.4 Å². The summed E-state index contributed by atoms with van der Waals surface area (Å²) >= 11 is 0. The highest BCUT2D eigenvalue weighted by molar-refractivity contribution is 5.65. The Kier molecular flexibility index (Phi) is 4.49. The van der Waals surface area contributed by atoms with Crippen molar-refractivity contribution in [3.05, 3.63) is 71.8 Å². The molecule has 0 spiro atoms. The Morgan fingerprint density at radius 2 is 1.57 bits per heavy atom. The van der Waals surface area contributed by atoms with Crippen molar-refractivity contribution >= 4 is 5.97 Å². The standard InChI is InChI=1S/C20H23NO2/c1-16-13-14-21(23-17(2)22)20(15-16,18-9-5-3-6-10-18)19-11-7-4-8-12-19/h3-12,16H,13-15H2,1-2H3. The van der Waals surface area contributed by atoms with E-state index in [4.69, 9.17) is 4.84 Å². The number of hydrogen-bond acceptors (Lipinski definition) is 3. The van der Waals surface area contributed by atoms with E-state index in [9.17, 15) is 4.79 Å². The van der Waals surface area contributed by atoms with Gasteiger partial charge in [-0.05, 0) is 29.9 Å². The van der Waals surface area contributed by atoms with Gasteiger partial charge in [0, 0.05) is 13.5 Å². The van der Waals surface area contributed by atoms with Crippen LogP contribution in [0.5, 0.6) is 0 Å². The number of hydroxylamine groups is 2. The molecule has 2 aromatic carbocycles. The SMILES string of the molecule is CC(=O)ON1CCC(C)CC1(c1ccccc1)c1ccccc1. The van der Waals surface area contributed by atoms with Crippen LogP contribution in [0.1, 0.15) is 37.8 Å². The molecular weight excluding hydrogens is 286 g/mol. The van der Waals surface area contributed by atoms with Gasteiger partial charge < -0.3 is 4.84 Å². The monoisotopic (exact) mass is 309 g/mol. The Labute approximate surface area is 137 Å². The number of carbonyl (C=O) groups is 1. The molecule has 0 N–H and O–H groups in total. The molecule has 1 aliphatic heterocycles. The molecule has 1 saturated heterocycles. The summed E-state index contributed by atoms with van der Waals surface area (Å²) in [6.45, 7) is 4.48. The number of nitrogens with zero attached hydrogens (tertiary/aromatic N) is 1. The summed E-state index contributed by atoms with van der Waals surface area (Å²) in [7, 11) is 0. The lowest BCUT2D eigenvalue weighted by Gasteiger charge is -2.48. The maximum Gasteiger partial charge on any atom is 0.322 e. The molecule has 0 aliphatic carbocycles. The van der Waals surface area contributed by atoms with Crippen LogP contribution < -0.4 is 0 Å². The fraction of sp³-hybridized carbons (Fsp3) is 0.350. The van der Waals surface area contributed by atoms with Gasteiger partial charge in [0.2, 0.25) is 0 Å². The van der Waals surface area contributed by atoms with E-state index in [-0.39, 0.29) is 5.97 Å². The summed E-state index contributed by atoms with van der Waals surface area (Å²) in [6, 6.07) is 20.7. The number of hydrogen-bond donors (Lipinski definition) is 0. The maximum absolute atomic E-state index is 11.7. The van der Waals surface area contributed by atoms with Gasteiger partial charge in [-0.25, -0.2) is 0 Å². The molecule has 3 heteroatoms. The maximum atomic E-state index is 11.7. The van der Waals surface area contributed by atoms with E-state index in [1.807, 2.05) is 41.5 Å². The summed E-state index contributed by atoms with van der Waals surface area (Å²) in [5.41, 5.74) is 1.91. The number of carbonyl (C=O) groups excluding carboxylic acids is 1. The fourth-order valence-electron chi connectivity index (χ4n) is 3.63. The average molecular weight is 309 g/mol. The minimum absolute atomic E-state index is 0.268. The second kappa shape index (κ2) is 6.55. The molecule has 23 heavy (non-hydrogen) atoms. The third kappa shape index (κ3) is 3.02. The quantitative estimate of drug-likeness (QED) is 0.853. The molecule has 1 unspecified atom stereocenters. The molecule has 0 saturated carbocycles. The van der Waals surface area contributed by atoms with Gasteiger partial charge in [-0.15, -0.1) is 5.06 Å². The van der Waals surface area contributed by atoms with Crippen LogP contribution in [0.4, 0.5) is 0 Å². The molecule has 0 aromatic heterocycles. The topological polar surface area (TPSA) is 29.5 Å². The Morgan fingerprint density at radius 3 is 2.04 bits per heavy atom. The van der Waals surface area contributed by atoms with Crippen LogP contribution in [0.15, 0.2) is 60.7 Å². The first-order chi connectivity index (χ1) is 11.1. The molecule has 1 aliphatic rings. The lowest BCUT2D eigenvalue weighted by Crippen LogP contribution is -2.52. The Morgan fingerprint density at radius 1 is 1.04 bits per heavy atom. The first-order valence-corrected chi connectivity index (χ1v) is 8.20. The van der Waals surface area contributed by atoms with E-state index >= 15 is 0 Å². The van der Waals surface area contributed by atoms with E-state index < -0.39 is 5.54 Å². The second-order valence-electron chi connectivity index (χ2n) is 6.38. The molecule has 0 radical (unpaired) electrons. The highest BCUT2D eigenvalue weighted by atomic mass is 16.7. The highest BCUT2D eigenvalue weighted by Crippen LogP contribution is 2.45. The highest BCUT2D eigenvalue weighted by Gasteiger charge is 2.46. The largest absolute Gasteiger partial charge is 0.367 e. The van der Waals surface area contributed by atoms with E-state index in [2.05, 4.69) is 31.2 Å². The molecule has 1 atom stereocenters. The van der Waals surface area contributed by atoms with Gasteiger partial charge in [-0.1, -0.05) is 67.6 Å². The van der Waals surface area contributed by atoms with E-state index in [1.54, 1.807) is 0 Å². The molecule has 1 fully saturated rings. The Balaban J connectivity index is 2.17. The molecule has 2 aromatic rings. The van der Waals surface area contributed by atoms with E-state index in [1.165, 1.54) is 18.1 Å². The summed E-state index contributed by atoms with van der Waals surface area (Å²) in [6.07, 6.45) is 1.95. The molecule has 3 rings (SSSR count). The zero-order valence-corrected chi connectivity index (χ0v) is 13.7. The van der Waals surface area contributed by atoms with Gasteiger partial charge in [0.1, 0.15) is 5.54 Å². The summed E-state index contributed by atoms with van der Waals surface area (Å²) in [5, 5.41) is 1.89. The first kappa shape index (κ1) is 15.8. The van der Waals surface area contributed by atoms with Gasteiger partial charge in [0.15, 0.2) is 0 Å². The number of rotatable bonds is 3. The van der Waals surface area contributed by atoms with Crippen molar-refractivity contribution in [3.63, 3.8) is 0 Å². The van der Waals surface area contributed by atoms with Gasteiger partial charge in [0.05, 0.1) is 0 Å². The van der Waals surface area contributed by atoms with Crippen LogP contribution in [0.2, 0.25) is 0 Å². The zero-order chi connectivity index (χ0) is 16.3. The molecule has 1 heterocycles. The molecule has 120 valence electrons. The van der Waals surface area contributed by atoms with Crippen LogP contribution in [-0.4, -0.2) is 17.6 Å². The number of benzene rings is 2. The van der Waals surface area contributed by atoms with Crippen molar-refractivity contribution in [1.82, 2.24) is 5.06 Å². The van der Waals surface area contributed by atoms with Gasteiger partial charge >= 0.3 is 5.97 Å². The predicted octanol–water partition coefficient (Wildman–Crippen LogP) is 4.14. The van der Waals surface area contributed by atoms with Crippen LogP contribution >= 0.6 is 0 Å².